The summed E-state index contributed by atoms with van der Waals surface area (Å²) in [6.07, 6.45) is 1.93. The molecule has 4 rings (SSSR count). The predicted octanol–water partition coefficient (Wildman–Crippen LogP) is 3.92. The van der Waals surface area contributed by atoms with E-state index in [1.54, 1.807) is 0 Å². The van der Waals surface area contributed by atoms with Gasteiger partial charge >= 0.3 is 0 Å². The average Bonchev–Trinajstić information content (AvgIpc) is 3.17. The van der Waals surface area contributed by atoms with Gasteiger partial charge in [0.05, 0.1) is 21.3 Å². The van der Waals surface area contributed by atoms with Crippen LogP contribution in [0.1, 0.15) is 35.1 Å². The Balaban J connectivity index is 1.65. The number of piperidine rings is 1. The maximum Gasteiger partial charge on any atom is 0.261 e. The molecule has 0 radical (unpaired) electrons. The van der Waals surface area contributed by atoms with Crippen LogP contribution in [0.15, 0.2) is 30.3 Å². The van der Waals surface area contributed by atoms with E-state index in [1.807, 2.05) is 41.9 Å². The van der Waals surface area contributed by atoms with Crippen LogP contribution in [0.5, 0.6) is 0 Å². The van der Waals surface area contributed by atoms with Gasteiger partial charge in [-0.2, -0.15) is 5.10 Å². The summed E-state index contributed by atoms with van der Waals surface area (Å²) in [4.78, 5) is 14.4. The lowest BCUT2D eigenvalue weighted by atomic mass is 10.0. The number of amides is 1. The number of nitrogens with one attached hydrogen (secondary N) is 2. The fraction of sp³-hybridized carbons (Fsp3) is 0.368. The molecule has 3 heterocycles. The number of aryl methyl sites for hydroxylation is 1. The first kappa shape index (κ1) is 17.5. The molecule has 3 aromatic rings. The van der Waals surface area contributed by atoms with E-state index in [1.165, 1.54) is 11.3 Å². The highest BCUT2D eigenvalue weighted by molar-refractivity contribution is 7.20. The maximum atomic E-state index is 12.7. The number of benzene rings is 1. The number of carbonyl (C=O) groups is 1. The molecular weight excluding hydrogens is 368 g/mol. The minimum absolute atomic E-state index is 0.00425. The van der Waals surface area contributed by atoms with Crippen LogP contribution in [-0.2, 0) is 0 Å². The number of aromatic nitrogens is 2. The first-order chi connectivity index (χ1) is 12.5. The van der Waals surface area contributed by atoms with Crippen molar-refractivity contribution in [3.05, 3.63) is 45.9 Å². The van der Waals surface area contributed by atoms with Gasteiger partial charge in [-0.1, -0.05) is 23.7 Å². The van der Waals surface area contributed by atoms with Crippen LogP contribution >= 0.6 is 22.9 Å². The molecule has 2 N–H and O–H groups in total. The summed E-state index contributed by atoms with van der Waals surface area (Å²) < 4.78 is 1.83. The Morgan fingerprint density at radius 1 is 1.42 bits per heavy atom. The molecule has 0 aliphatic carbocycles. The molecule has 136 valence electrons. The van der Waals surface area contributed by atoms with Gasteiger partial charge in [-0.15, -0.1) is 11.3 Å². The topological polar surface area (TPSA) is 59.0 Å². The van der Waals surface area contributed by atoms with Gasteiger partial charge in [0.25, 0.3) is 5.91 Å². The Hall–Kier alpha value is -1.89. The van der Waals surface area contributed by atoms with Gasteiger partial charge in [0, 0.05) is 17.5 Å². The van der Waals surface area contributed by atoms with Crippen LogP contribution in [-0.4, -0.2) is 34.3 Å². The summed E-state index contributed by atoms with van der Waals surface area (Å²) in [7, 11) is 0. The molecule has 1 aliphatic heterocycles. The molecule has 2 aromatic heterocycles. The van der Waals surface area contributed by atoms with Crippen molar-refractivity contribution in [2.24, 2.45) is 0 Å². The smallest absolute Gasteiger partial charge is 0.261 e. The lowest BCUT2D eigenvalue weighted by Crippen LogP contribution is -2.46. The van der Waals surface area contributed by atoms with Gasteiger partial charge in [-0.3, -0.25) is 4.79 Å². The fourth-order valence-electron chi connectivity index (χ4n) is 3.47. The van der Waals surface area contributed by atoms with Gasteiger partial charge in [-0.25, -0.2) is 4.68 Å². The number of halogens is 1. The van der Waals surface area contributed by atoms with E-state index in [9.17, 15) is 4.79 Å². The predicted molar refractivity (Wildman–Crippen MR) is 107 cm³/mol. The van der Waals surface area contributed by atoms with Crippen LogP contribution in [0, 0.1) is 6.92 Å². The summed E-state index contributed by atoms with van der Waals surface area (Å²) in [6.45, 7) is 5.05. The first-order valence-electron chi connectivity index (χ1n) is 8.81. The molecule has 0 spiro atoms. The van der Waals surface area contributed by atoms with E-state index in [4.69, 9.17) is 11.6 Å². The highest BCUT2D eigenvalue weighted by Crippen LogP contribution is 2.32. The third-order valence-electron chi connectivity index (χ3n) is 4.81. The summed E-state index contributed by atoms with van der Waals surface area (Å²) in [5, 5.41) is 12.8. The molecular formula is C19H21ClN4OS. The Morgan fingerprint density at radius 3 is 3.00 bits per heavy atom. The van der Waals surface area contributed by atoms with Crippen molar-refractivity contribution in [1.29, 1.82) is 0 Å². The zero-order valence-corrected chi connectivity index (χ0v) is 16.3. The zero-order valence-electron chi connectivity index (χ0n) is 14.8. The second-order valence-electron chi connectivity index (χ2n) is 6.83. The van der Waals surface area contributed by atoms with E-state index in [-0.39, 0.29) is 11.9 Å². The number of thiophene rings is 1. The van der Waals surface area contributed by atoms with Crippen molar-refractivity contribution in [3.8, 4) is 5.69 Å². The van der Waals surface area contributed by atoms with Crippen LogP contribution < -0.4 is 10.6 Å². The Bertz CT molecular complexity index is 964. The Morgan fingerprint density at radius 2 is 2.23 bits per heavy atom. The largest absolute Gasteiger partial charge is 0.349 e. The molecule has 0 bridgehead atoms. The second kappa shape index (κ2) is 7.02. The summed E-state index contributed by atoms with van der Waals surface area (Å²) in [5.74, 6) is -0.00425. The number of hydrogen-bond acceptors (Lipinski definition) is 4. The van der Waals surface area contributed by atoms with Crippen LogP contribution in [0.25, 0.3) is 15.9 Å². The van der Waals surface area contributed by atoms with Gasteiger partial charge in [0.2, 0.25) is 0 Å². The third kappa shape index (κ3) is 3.24. The molecule has 1 aliphatic rings. The summed E-state index contributed by atoms with van der Waals surface area (Å²) >= 11 is 7.80. The molecule has 1 amide bonds. The number of fused-ring (bicyclic) bond motifs is 1. The first-order valence-corrected chi connectivity index (χ1v) is 10.0. The lowest BCUT2D eigenvalue weighted by Gasteiger charge is -2.28. The van der Waals surface area contributed by atoms with Gasteiger partial charge in [0.15, 0.2) is 0 Å². The molecule has 0 saturated carbocycles. The van der Waals surface area contributed by atoms with Crippen molar-refractivity contribution >= 4 is 39.1 Å². The third-order valence-corrected chi connectivity index (χ3v) is 6.24. The minimum Gasteiger partial charge on any atom is -0.349 e. The molecule has 7 heteroatoms. The van der Waals surface area contributed by atoms with E-state index < -0.39 is 0 Å². The van der Waals surface area contributed by atoms with E-state index in [2.05, 4.69) is 22.7 Å². The number of carbonyl (C=O) groups excluding carboxylic acids is 1. The standard InChI is InChI=1S/C19H21ClN4OS/c1-11-9-13(7-8-21-11)22-18(25)17-10-14-12(2)23-24(19(14)26-17)16-6-4-3-5-15(16)20/h3-6,10-11,13,21H,7-9H2,1-2H3,(H,22,25). The molecule has 5 nitrogen and oxygen atoms in total. The number of hydrogen-bond donors (Lipinski definition) is 2. The van der Waals surface area contributed by atoms with Crippen molar-refractivity contribution in [3.63, 3.8) is 0 Å². The molecule has 1 aromatic carbocycles. The van der Waals surface area contributed by atoms with E-state index in [0.29, 0.717) is 15.9 Å². The van der Waals surface area contributed by atoms with Crippen LogP contribution in [0.2, 0.25) is 5.02 Å². The summed E-state index contributed by atoms with van der Waals surface area (Å²) in [5.41, 5.74) is 1.72. The second-order valence-corrected chi connectivity index (χ2v) is 8.27. The van der Waals surface area contributed by atoms with Crippen LogP contribution in [0.4, 0.5) is 0 Å². The van der Waals surface area contributed by atoms with E-state index in [0.717, 1.165) is 41.0 Å². The molecule has 2 atom stereocenters. The maximum absolute atomic E-state index is 12.7. The molecule has 26 heavy (non-hydrogen) atoms. The van der Waals surface area contributed by atoms with Gasteiger partial charge in [-0.05, 0) is 51.4 Å². The quantitative estimate of drug-likeness (QED) is 0.715. The molecule has 1 saturated heterocycles. The van der Waals surface area contributed by atoms with Crippen molar-refractivity contribution in [2.45, 2.75) is 38.8 Å². The van der Waals surface area contributed by atoms with Gasteiger partial charge in [0.1, 0.15) is 4.83 Å². The lowest BCUT2D eigenvalue weighted by molar-refractivity contribution is 0.0930. The highest BCUT2D eigenvalue weighted by atomic mass is 35.5. The van der Waals surface area contributed by atoms with E-state index >= 15 is 0 Å². The van der Waals surface area contributed by atoms with Gasteiger partial charge < -0.3 is 10.6 Å². The number of para-hydroxylation sites is 1. The fourth-order valence-corrected chi connectivity index (χ4v) is 4.76. The zero-order chi connectivity index (χ0) is 18.3. The molecule has 2 unspecified atom stereocenters. The number of nitrogens with zero attached hydrogens (tertiary/aromatic N) is 2. The molecule has 1 fully saturated rings. The average molecular weight is 389 g/mol. The highest BCUT2D eigenvalue weighted by Gasteiger charge is 2.23. The van der Waals surface area contributed by atoms with Crippen molar-refractivity contribution < 1.29 is 4.79 Å². The SMILES string of the molecule is Cc1nn(-c2ccccc2Cl)c2sc(C(=O)NC3CCNC(C)C3)cc12. The van der Waals surface area contributed by atoms with Crippen LogP contribution in [0.3, 0.4) is 0 Å². The minimum atomic E-state index is -0.00425. The number of rotatable bonds is 3. The Kier molecular flexibility index (Phi) is 4.73. The summed E-state index contributed by atoms with van der Waals surface area (Å²) in [6, 6.07) is 10.2. The normalized spacial score (nSPS) is 20.4. The van der Waals surface area contributed by atoms with Crippen molar-refractivity contribution in [2.75, 3.05) is 6.54 Å². The Labute approximate surface area is 161 Å². The monoisotopic (exact) mass is 388 g/mol. The van der Waals surface area contributed by atoms with Crippen molar-refractivity contribution in [1.82, 2.24) is 20.4 Å².